The Morgan fingerprint density at radius 3 is 2.42 bits per heavy atom. The summed E-state index contributed by atoms with van der Waals surface area (Å²) in [5.41, 5.74) is -0.281. The van der Waals surface area contributed by atoms with Crippen LogP contribution < -0.4 is 5.32 Å². The maximum atomic E-state index is 12.9. The summed E-state index contributed by atoms with van der Waals surface area (Å²) in [6.07, 6.45) is -0.859. The molecule has 0 radical (unpaired) electrons. The summed E-state index contributed by atoms with van der Waals surface area (Å²) in [5, 5.41) is 2.61. The largest absolute Gasteiger partial charge is 0.416 e. The summed E-state index contributed by atoms with van der Waals surface area (Å²) in [7, 11) is -1.62. The number of carbonyl (C=O) groups is 1. The minimum absolute atomic E-state index is 0. The highest BCUT2D eigenvalue weighted by atomic mass is 32.2. The summed E-state index contributed by atoms with van der Waals surface area (Å²) in [6.45, 7) is 2.30. The van der Waals surface area contributed by atoms with Crippen molar-refractivity contribution in [1.82, 2.24) is 19.2 Å². The van der Waals surface area contributed by atoms with Crippen molar-refractivity contribution < 1.29 is 26.4 Å². The maximum absolute atomic E-state index is 12.9. The zero-order valence-electron chi connectivity index (χ0n) is 17.6. The number of sulfonamides is 1. The molecular formula is C21H28F3N5O3S. The monoisotopic (exact) mass is 487 g/mol. The second kappa shape index (κ2) is 10.5. The summed E-state index contributed by atoms with van der Waals surface area (Å²) in [6, 6.07) is 4.20. The number of piperidine rings is 1. The number of hydrogen-bond donors (Lipinski definition) is 1. The second-order valence-corrected chi connectivity index (χ2v) is 9.69. The van der Waals surface area contributed by atoms with Gasteiger partial charge in [-0.15, -0.1) is 0 Å². The van der Waals surface area contributed by atoms with E-state index in [0.717, 1.165) is 12.1 Å². The van der Waals surface area contributed by atoms with Gasteiger partial charge in [-0.25, -0.2) is 22.5 Å². The molecule has 1 aliphatic rings. The number of rotatable bonds is 5. The van der Waals surface area contributed by atoms with Crippen LogP contribution in [0, 0.1) is 0 Å². The average molecular weight is 488 g/mol. The number of nitrogens with zero attached hydrogens (tertiary/aromatic N) is 4. The Labute approximate surface area is 191 Å². The fraction of sp³-hybridized carbons (Fsp3) is 0.476. The van der Waals surface area contributed by atoms with Gasteiger partial charge in [-0.05, 0) is 31.9 Å². The van der Waals surface area contributed by atoms with Crippen LogP contribution in [-0.4, -0.2) is 65.6 Å². The van der Waals surface area contributed by atoms with E-state index < -0.39 is 27.8 Å². The van der Waals surface area contributed by atoms with Gasteiger partial charge in [-0.2, -0.15) is 13.2 Å². The van der Waals surface area contributed by atoms with Gasteiger partial charge < -0.3 is 4.90 Å². The Balaban J connectivity index is 0.00000385. The fourth-order valence-corrected chi connectivity index (χ4v) is 4.58. The molecule has 1 aromatic carbocycles. The SMILES string of the molecule is C.CCS(=O)(=O)N1CCC(N(C)C(=O)Nc2cnc(-c3cccc(C(F)(F)F)c3)cn2)CC1. The van der Waals surface area contributed by atoms with Crippen molar-refractivity contribution in [2.75, 3.05) is 31.2 Å². The first-order valence-electron chi connectivity index (χ1n) is 10.0. The predicted octanol–water partition coefficient (Wildman–Crippen LogP) is 4.08. The van der Waals surface area contributed by atoms with Crippen molar-refractivity contribution in [2.45, 2.75) is 39.4 Å². The molecular weight excluding hydrogens is 459 g/mol. The molecule has 1 aromatic heterocycles. The molecule has 2 aromatic rings. The third-order valence-electron chi connectivity index (χ3n) is 5.42. The molecule has 3 rings (SSSR count). The fourth-order valence-electron chi connectivity index (χ4n) is 3.45. The highest BCUT2D eigenvalue weighted by Crippen LogP contribution is 2.31. The number of halogens is 3. The molecule has 0 saturated carbocycles. The molecule has 0 atom stereocenters. The number of aromatic nitrogens is 2. The summed E-state index contributed by atoms with van der Waals surface area (Å²) in [4.78, 5) is 22.2. The highest BCUT2D eigenvalue weighted by molar-refractivity contribution is 7.89. The van der Waals surface area contributed by atoms with Gasteiger partial charge in [0.1, 0.15) is 0 Å². The predicted molar refractivity (Wildman–Crippen MR) is 120 cm³/mol. The number of urea groups is 1. The van der Waals surface area contributed by atoms with Gasteiger partial charge in [0.05, 0.1) is 29.4 Å². The molecule has 2 heterocycles. The minimum Gasteiger partial charge on any atom is -0.324 e. The smallest absolute Gasteiger partial charge is 0.324 e. The van der Waals surface area contributed by atoms with Crippen LogP contribution in [0.1, 0.15) is 32.8 Å². The number of benzene rings is 1. The Bertz CT molecular complexity index is 1050. The highest BCUT2D eigenvalue weighted by Gasteiger charge is 2.31. The first-order chi connectivity index (χ1) is 15.0. The first-order valence-corrected chi connectivity index (χ1v) is 11.6. The molecule has 8 nitrogen and oxygen atoms in total. The van der Waals surface area contributed by atoms with Crippen molar-refractivity contribution in [1.29, 1.82) is 0 Å². The topological polar surface area (TPSA) is 95.5 Å². The first kappa shape index (κ1) is 26.5. The Morgan fingerprint density at radius 2 is 1.88 bits per heavy atom. The molecule has 0 aliphatic carbocycles. The van der Waals surface area contributed by atoms with Crippen molar-refractivity contribution in [2.24, 2.45) is 0 Å². The number of carbonyl (C=O) groups excluding carboxylic acids is 1. The van der Waals surface area contributed by atoms with Crippen molar-refractivity contribution in [3.05, 3.63) is 42.2 Å². The van der Waals surface area contributed by atoms with Gasteiger partial charge in [0, 0.05) is 31.7 Å². The maximum Gasteiger partial charge on any atom is 0.416 e. The number of nitrogens with one attached hydrogen (secondary N) is 1. The van der Waals surface area contributed by atoms with Crippen LogP contribution in [-0.2, 0) is 16.2 Å². The lowest BCUT2D eigenvalue weighted by Crippen LogP contribution is -2.48. The lowest BCUT2D eigenvalue weighted by atomic mass is 10.1. The third kappa shape index (κ3) is 6.41. The van der Waals surface area contributed by atoms with Crippen LogP contribution in [0.4, 0.5) is 23.8 Å². The molecule has 0 spiro atoms. The van der Waals surface area contributed by atoms with E-state index in [-0.39, 0.29) is 36.3 Å². The van der Waals surface area contributed by atoms with E-state index in [2.05, 4.69) is 15.3 Å². The molecule has 182 valence electrons. The van der Waals surface area contributed by atoms with E-state index in [4.69, 9.17) is 0 Å². The molecule has 1 saturated heterocycles. The Kier molecular flexibility index (Phi) is 8.41. The molecule has 2 amide bonds. The molecule has 33 heavy (non-hydrogen) atoms. The zero-order chi connectivity index (χ0) is 23.5. The molecule has 0 unspecified atom stereocenters. The van der Waals surface area contributed by atoms with Crippen molar-refractivity contribution >= 4 is 21.9 Å². The van der Waals surface area contributed by atoms with E-state index in [1.807, 2.05) is 0 Å². The lowest BCUT2D eigenvalue weighted by Gasteiger charge is -2.35. The number of alkyl halides is 3. The molecule has 1 aliphatic heterocycles. The number of hydrogen-bond acceptors (Lipinski definition) is 5. The Morgan fingerprint density at radius 1 is 1.21 bits per heavy atom. The van der Waals surface area contributed by atoms with Crippen molar-refractivity contribution in [3.63, 3.8) is 0 Å². The average Bonchev–Trinajstić information content (AvgIpc) is 2.78. The summed E-state index contributed by atoms with van der Waals surface area (Å²) in [5.74, 6) is 0.201. The van der Waals surface area contributed by atoms with Crippen LogP contribution >= 0.6 is 0 Å². The molecule has 0 bridgehead atoms. The number of anilines is 1. The third-order valence-corrected chi connectivity index (χ3v) is 7.30. The van der Waals surface area contributed by atoms with Gasteiger partial charge in [-0.3, -0.25) is 10.3 Å². The standard InChI is InChI=1S/C20H24F3N5O3S.CH4/c1-3-32(30,31)28-9-7-16(8-10-28)27(2)19(29)26-18-13-24-17(12-25-18)14-5-4-6-15(11-14)20(21,22)23;/h4-6,11-13,16H,3,7-10H2,1-2H3,(H,25,26,29);1H4. The van der Waals surface area contributed by atoms with Crippen LogP contribution in [0.2, 0.25) is 0 Å². The summed E-state index contributed by atoms with van der Waals surface area (Å²) < 4.78 is 64.1. The van der Waals surface area contributed by atoms with E-state index in [1.54, 1.807) is 14.0 Å². The zero-order valence-corrected chi connectivity index (χ0v) is 18.4. The minimum atomic E-state index is -4.46. The number of amides is 2. The molecule has 1 fully saturated rings. The van der Waals surface area contributed by atoms with Gasteiger partial charge in [0.2, 0.25) is 10.0 Å². The summed E-state index contributed by atoms with van der Waals surface area (Å²) >= 11 is 0. The van der Waals surface area contributed by atoms with E-state index >= 15 is 0 Å². The van der Waals surface area contributed by atoms with Crippen LogP contribution in [0.5, 0.6) is 0 Å². The normalized spacial score (nSPS) is 15.5. The Hall–Kier alpha value is -2.73. The van der Waals surface area contributed by atoms with Gasteiger partial charge in [-0.1, -0.05) is 19.6 Å². The van der Waals surface area contributed by atoms with Crippen molar-refractivity contribution in [3.8, 4) is 11.3 Å². The van der Waals surface area contributed by atoms with Crippen LogP contribution in [0.25, 0.3) is 11.3 Å². The van der Waals surface area contributed by atoms with Crippen LogP contribution in [0.3, 0.4) is 0 Å². The van der Waals surface area contributed by atoms with Gasteiger partial charge in [0.15, 0.2) is 5.82 Å². The quantitative estimate of drug-likeness (QED) is 0.686. The van der Waals surface area contributed by atoms with E-state index in [1.165, 1.54) is 33.7 Å². The lowest BCUT2D eigenvalue weighted by molar-refractivity contribution is -0.137. The van der Waals surface area contributed by atoms with E-state index in [0.29, 0.717) is 25.9 Å². The molecule has 1 N–H and O–H groups in total. The van der Waals surface area contributed by atoms with Gasteiger partial charge in [0.25, 0.3) is 0 Å². The molecule has 12 heteroatoms. The van der Waals surface area contributed by atoms with Crippen LogP contribution in [0.15, 0.2) is 36.7 Å². The van der Waals surface area contributed by atoms with Gasteiger partial charge >= 0.3 is 12.2 Å². The van der Waals surface area contributed by atoms with E-state index in [9.17, 15) is 26.4 Å². The second-order valence-electron chi connectivity index (χ2n) is 7.44.